The molecule has 0 amide bonds. The van der Waals surface area contributed by atoms with Gasteiger partial charge in [0.2, 0.25) is 0 Å². The third-order valence-electron chi connectivity index (χ3n) is 4.51. The molecular formula is C13H27N3. The minimum Gasteiger partial charge on any atom is -0.315 e. The molecule has 0 spiro atoms. The lowest BCUT2D eigenvalue weighted by molar-refractivity contribution is 0.0959. The fraction of sp³-hybridized carbons (Fsp3) is 1.00. The summed E-state index contributed by atoms with van der Waals surface area (Å²) in [7, 11) is 4.50. The first-order valence-electron chi connectivity index (χ1n) is 6.84. The maximum atomic E-state index is 3.77. The third kappa shape index (κ3) is 2.76. The van der Waals surface area contributed by atoms with Gasteiger partial charge in [-0.3, -0.25) is 0 Å². The van der Waals surface area contributed by atoms with E-state index in [1.54, 1.807) is 0 Å². The van der Waals surface area contributed by atoms with Gasteiger partial charge in [-0.15, -0.1) is 0 Å². The average molecular weight is 225 g/mol. The Kier molecular flexibility index (Phi) is 4.22. The van der Waals surface area contributed by atoms with E-state index < -0.39 is 0 Å². The second kappa shape index (κ2) is 5.48. The largest absolute Gasteiger partial charge is 0.315 e. The summed E-state index contributed by atoms with van der Waals surface area (Å²) in [5.74, 6) is 0. The van der Waals surface area contributed by atoms with Crippen LogP contribution in [-0.2, 0) is 0 Å². The summed E-state index contributed by atoms with van der Waals surface area (Å²) in [5, 5.41) is 7.20. The summed E-state index contributed by atoms with van der Waals surface area (Å²) in [4.78, 5) is 2.46. The molecule has 0 aromatic carbocycles. The van der Waals surface area contributed by atoms with Crippen LogP contribution in [0.15, 0.2) is 0 Å². The molecule has 0 aromatic rings. The van der Waals surface area contributed by atoms with Gasteiger partial charge in [-0.25, -0.2) is 0 Å². The molecule has 16 heavy (non-hydrogen) atoms. The van der Waals surface area contributed by atoms with Crippen LogP contribution in [0, 0.1) is 0 Å². The standard InChI is InChI=1S/C13H27N3/c1-16(2)13(7-4-3-5-8-13)11-15-12-6-9-14-10-12/h12,14-15H,3-11H2,1-2H3. The van der Waals surface area contributed by atoms with Crippen molar-refractivity contribution in [2.24, 2.45) is 0 Å². The van der Waals surface area contributed by atoms with Gasteiger partial charge >= 0.3 is 0 Å². The molecule has 2 fully saturated rings. The Bertz CT molecular complexity index is 203. The van der Waals surface area contributed by atoms with E-state index in [2.05, 4.69) is 29.6 Å². The first-order valence-corrected chi connectivity index (χ1v) is 6.84. The van der Waals surface area contributed by atoms with Gasteiger partial charge in [0.25, 0.3) is 0 Å². The van der Waals surface area contributed by atoms with Crippen molar-refractivity contribution in [2.45, 2.75) is 50.1 Å². The van der Waals surface area contributed by atoms with Gasteiger partial charge in [0.1, 0.15) is 0 Å². The number of nitrogens with zero attached hydrogens (tertiary/aromatic N) is 1. The highest BCUT2D eigenvalue weighted by Gasteiger charge is 2.34. The summed E-state index contributed by atoms with van der Waals surface area (Å²) >= 11 is 0. The van der Waals surface area contributed by atoms with Crippen LogP contribution in [0.1, 0.15) is 38.5 Å². The van der Waals surface area contributed by atoms with Crippen LogP contribution in [0.4, 0.5) is 0 Å². The lowest BCUT2D eigenvalue weighted by Gasteiger charge is -2.43. The average Bonchev–Trinajstić information content (AvgIpc) is 2.80. The first kappa shape index (κ1) is 12.3. The van der Waals surface area contributed by atoms with Gasteiger partial charge in [-0.05, 0) is 39.9 Å². The predicted molar refractivity (Wildman–Crippen MR) is 68.8 cm³/mol. The van der Waals surface area contributed by atoms with Crippen molar-refractivity contribution in [3.63, 3.8) is 0 Å². The van der Waals surface area contributed by atoms with Crippen LogP contribution in [0.5, 0.6) is 0 Å². The number of nitrogens with one attached hydrogen (secondary N) is 2. The Hall–Kier alpha value is -0.120. The maximum Gasteiger partial charge on any atom is 0.0328 e. The molecule has 1 aliphatic carbocycles. The van der Waals surface area contributed by atoms with E-state index in [1.807, 2.05) is 0 Å². The zero-order valence-electron chi connectivity index (χ0n) is 10.9. The molecule has 1 atom stereocenters. The molecule has 1 saturated heterocycles. The smallest absolute Gasteiger partial charge is 0.0328 e. The van der Waals surface area contributed by atoms with E-state index in [9.17, 15) is 0 Å². The van der Waals surface area contributed by atoms with Gasteiger partial charge in [-0.1, -0.05) is 19.3 Å². The number of hydrogen-bond donors (Lipinski definition) is 2. The zero-order valence-corrected chi connectivity index (χ0v) is 10.9. The molecule has 0 bridgehead atoms. The van der Waals surface area contributed by atoms with Crippen LogP contribution in [-0.4, -0.2) is 50.2 Å². The maximum absolute atomic E-state index is 3.77. The fourth-order valence-corrected chi connectivity index (χ4v) is 3.16. The molecule has 2 rings (SSSR count). The SMILES string of the molecule is CN(C)C1(CNC2CCNC2)CCCCC1. The van der Waals surface area contributed by atoms with Crippen LogP contribution in [0.25, 0.3) is 0 Å². The molecule has 3 heteroatoms. The van der Waals surface area contributed by atoms with Crippen molar-refractivity contribution in [3.8, 4) is 0 Å². The Morgan fingerprint density at radius 2 is 2.00 bits per heavy atom. The Labute approximate surface area is 100.0 Å². The Balaban J connectivity index is 1.86. The van der Waals surface area contributed by atoms with E-state index in [1.165, 1.54) is 51.6 Å². The van der Waals surface area contributed by atoms with Crippen molar-refractivity contribution in [1.82, 2.24) is 15.5 Å². The second-order valence-electron chi connectivity index (χ2n) is 5.75. The van der Waals surface area contributed by atoms with Gasteiger partial charge in [-0.2, -0.15) is 0 Å². The van der Waals surface area contributed by atoms with Crippen molar-refractivity contribution in [2.75, 3.05) is 33.7 Å². The molecule has 0 radical (unpaired) electrons. The van der Waals surface area contributed by atoms with Crippen LogP contribution >= 0.6 is 0 Å². The van der Waals surface area contributed by atoms with E-state index in [4.69, 9.17) is 0 Å². The first-order chi connectivity index (χ1) is 7.73. The Morgan fingerprint density at radius 1 is 1.25 bits per heavy atom. The quantitative estimate of drug-likeness (QED) is 0.753. The molecule has 1 heterocycles. The monoisotopic (exact) mass is 225 g/mol. The minimum atomic E-state index is 0.431. The molecule has 2 N–H and O–H groups in total. The highest BCUT2D eigenvalue weighted by molar-refractivity contribution is 4.94. The van der Waals surface area contributed by atoms with Crippen molar-refractivity contribution in [3.05, 3.63) is 0 Å². The topological polar surface area (TPSA) is 27.3 Å². The highest BCUT2D eigenvalue weighted by atomic mass is 15.2. The molecule has 1 unspecified atom stereocenters. The van der Waals surface area contributed by atoms with Crippen molar-refractivity contribution in [1.29, 1.82) is 0 Å². The summed E-state index contributed by atoms with van der Waals surface area (Å²) in [6, 6.07) is 0.707. The summed E-state index contributed by atoms with van der Waals surface area (Å²) in [6.45, 7) is 3.52. The second-order valence-corrected chi connectivity index (χ2v) is 5.75. The molecule has 3 nitrogen and oxygen atoms in total. The van der Waals surface area contributed by atoms with E-state index in [-0.39, 0.29) is 0 Å². The van der Waals surface area contributed by atoms with Gasteiger partial charge in [0, 0.05) is 24.7 Å². The van der Waals surface area contributed by atoms with Gasteiger partial charge < -0.3 is 15.5 Å². The van der Waals surface area contributed by atoms with Gasteiger partial charge in [0.05, 0.1) is 0 Å². The van der Waals surface area contributed by atoms with E-state index in [0.29, 0.717) is 11.6 Å². The lowest BCUT2D eigenvalue weighted by Crippen LogP contribution is -2.54. The fourth-order valence-electron chi connectivity index (χ4n) is 3.16. The summed E-state index contributed by atoms with van der Waals surface area (Å²) < 4.78 is 0. The highest BCUT2D eigenvalue weighted by Crippen LogP contribution is 2.31. The van der Waals surface area contributed by atoms with Crippen LogP contribution in [0.2, 0.25) is 0 Å². The normalized spacial score (nSPS) is 29.8. The molecule has 0 aromatic heterocycles. The van der Waals surface area contributed by atoms with Crippen molar-refractivity contribution < 1.29 is 0 Å². The zero-order chi connectivity index (χ0) is 11.4. The van der Waals surface area contributed by atoms with Crippen LogP contribution in [0.3, 0.4) is 0 Å². The molecular weight excluding hydrogens is 198 g/mol. The lowest BCUT2D eigenvalue weighted by atomic mass is 9.80. The molecule has 94 valence electrons. The third-order valence-corrected chi connectivity index (χ3v) is 4.51. The number of rotatable bonds is 4. The molecule has 1 aliphatic heterocycles. The molecule has 2 aliphatic rings. The number of likely N-dealkylation sites (N-methyl/N-ethyl adjacent to an activating group) is 1. The predicted octanol–water partition coefficient (Wildman–Crippen LogP) is 1.20. The summed E-state index contributed by atoms with van der Waals surface area (Å²) in [5.41, 5.74) is 0.431. The Morgan fingerprint density at radius 3 is 2.56 bits per heavy atom. The van der Waals surface area contributed by atoms with Gasteiger partial charge in [0.15, 0.2) is 0 Å². The van der Waals surface area contributed by atoms with E-state index in [0.717, 1.165) is 6.54 Å². The number of hydrogen-bond acceptors (Lipinski definition) is 3. The van der Waals surface area contributed by atoms with E-state index >= 15 is 0 Å². The molecule has 1 saturated carbocycles. The minimum absolute atomic E-state index is 0.431. The summed E-state index contributed by atoms with van der Waals surface area (Å²) in [6.07, 6.45) is 8.27. The van der Waals surface area contributed by atoms with Crippen molar-refractivity contribution >= 4 is 0 Å². The van der Waals surface area contributed by atoms with Crippen LogP contribution < -0.4 is 10.6 Å².